The smallest absolute Gasteiger partial charge is 0.232 e. The molecule has 2 atom stereocenters. The quantitative estimate of drug-likeness (QED) is 0.894. The average Bonchev–Trinajstić information content (AvgIpc) is 3.07. The molecule has 0 radical (unpaired) electrons. The fourth-order valence-corrected chi connectivity index (χ4v) is 4.48. The second-order valence-electron chi connectivity index (χ2n) is 5.22. The van der Waals surface area contributed by atoms with E-state index in [0.717, 1.165) is 39.5 Å². The van der Waals surface area contributed by atoms with Gasteiger partial charge < -0.3 is 9.84 Å². The van der Waals surface area contributed by atoms with E-state index in [4.69, 9.17) is 4.52 Å². The van der Waals surface area contributed by atoms with Crippen LogP contribution in [0.5, 0.6) is 0 Å². The molecule has 0 bridgehead atoms. The van der Waals surface area contributed by atoms with Crippen molar-refractivity contribution in [3.63, 3.8) is 0 Å². The van der Waals surface area contributed by atoms with Crippen LogP contribution in [0.3, 0.4) is 0 Å². The van der Waals surface area contributed by atoms with Crippen LogP contribution in [-0.2, 0) is 0 Å². The maximum absolute atomic E-state index is 5.54. The zero-order chi connectivity index (χ0) is 14.8. The van der Waals surface area contributed by atoms with Crippen LogP contribution < -0.4 is 5.32 Å². The van der Waals surface area contributed by atoms with Gasteiger partial charge in [0.1, 0.15) is 0 Å². The Morgan fingerprint density at radius 2 is 2.29 bits per heavy atom. The molecule has 0 aliphatic carbocycles. The van der Waals surface area contributed by atoms with E-state index in [2.05, 4.69) is 51.3 Å². The number of aryl methyl sites for hydroxylation is 1. The van der Waals surface area contributed by atoms with Crippen LogP contribution in [0.4, 0.5) is 0 Å². The normalized spacial score (nSPS) is 21.9. The molecule has 1 aromatic carbocycles. The SMILES string of the molecule is CCNC1CSCC1c1nc(-c2ccc(Br)cc2C)no1. The van der Waals surface area contributed by atoms with E-state index < -0.39 is 0 Å². The summed E-state index contributed by atoms with van der Waals surface area (Å²) in [5.41, 5.74) is 2.17. The van der Waals surface area contributed by atoms with E-state index in [-0.39, 0.29) is 0 Å². The van der Waals surface area contributed by atoms with Gasteiger partial charge in [0.2, 0.25) is 11.7 Å². The second kappa shape index (κ2) is 6.50. The van der Waals surface area contributed by atoms with Gasteiger partial charge in [0, 0.05) is 27.6 Å². The zero-order valence-electron chi connectivity index (χ0n) is 12.1. The highest BCUT2D eigenvalue weighted by atomic mass is 79.9. The number of rotatable bonds is 4. The van der Waals surface area contributed by atoms with Crippen molar-refractivity contribution in [1.29, 1.82) is 0 Å². The minimum Gasteiger partial charge on any atom is -0.339 e. The Kier molecular flexibility index (Phi) is 4.66. The number of hydrogen-bond donors (Lipinski definition) is 1. The van der Waals surface area contributed by atoms with Gasteiger partial charge in [0.15, 0.2) is 0 Å². The van der Waals surface area contributed by atoms with Crippen molar-refractivity contribution in [2.45, 2.75) is 25.8 Å². The third kappa shape index (κ3) is 3.17. The van der Waals surface area contributed by atoms with Gasteiger partial charge in [-0.15, -0.1) is 0 Å². The van der Waals surface area contributed by atoms with E-state index in [1.54, 1.807) is 0 Å². The molecule has 4 nitrogen and oxygen atoms in total. The number of benzene rings is 1. The molecule has 2 unspecified atom stereocenters. The van der Waals surface area contributed by atoms with Gasteiger partial charge in [-0.1, -0.05) is 28.0 Å². The molecule has 112 valence electrons. The first-order valence-electron chi connectivity index (χ1n) is 7.10. The first-order valence-corrected chi connectivity index (χ1v) is 9.05. The maximum atomic E-state index is 5.54. The molecule has 1 aliphatic heterocycles. The lowest BCUT2D eigenvalue weighted by Crippen LogP contribution is -2.34. The largest absolute Gasteiger partial charge is 0.339 e. The summed E-state index contributed by atoms with van der Waals surface area (Å²) in [4.78, 5) is 4.64. The van der Waals surface area contributed by atoms with Gasteiger partial charge >= 0.3 is 0 Å². The van der Waals surface area contributed by atoms with Gasteiger partial charge in [-0.3, -0.25) is 0 Å². The molecular formula is C15H18BrN3OS. The van der Waals surface area contributed by atoms with Crippen LogP contribution in [0.25, 0.3) is 11.4 Å². The van der Waals surface area contributed by atoms with Crippen molar-refractivity contribution in [2.24, 2.45) is 0 Å². The van der Waals surface area contributed by atoms with Gasteiger partial charge in [-0.25, -0.2) is 0 Å². The number of likely N-dealkylation sites (N-methyl/N-ethyl adjacent to an activating group) is 1. The summed E-state index contributed by atoms with van der Waals surface area (Å²) < 4.78 is 6.60. The molecule has 1 fully saturated rings. The van der Waals surface area contributed by atoms with Gasteiger partial charge in [-0.2, -0.15) is 16.7 Å². The van der Waals surface area contributed by atoms with E-state index in [1.807, 2.05) is 23.9 Å². The predicted octanol–water partition coefficient (Wildman–Crippen LogP) is 3.62. The van der Waals surface area contributed by atoms with Crippen molar-refractivity contribution >= 4 is 27.7 Å². The van der Waals surface area contributed by atoms with E-state index in [9.17, 15) is 0 Å². The highest BCUT2D eigenvalue weighted by Gasteiger charge is 2.33. The minimum atomic E-state index is 0.312. The van der Waals surface area contributed by atoms with E-state index in [0.29, 0.717) is 17.8 Å². The summed E-state index contributed by atoms with van der Waals surface area (Å²) in [6, 6.07) is 6.53. The molecule has 21 heavy (non-hydrogen) atoms. The van der Waals surface area contributed by atoms with Crippen molar-refractivity contribution < 1.29 is 4.52 Å². The summed E-state index contributed by atoms with van der Waals surface area (Å²) in [5.74, 6) is 3.89. The Morgan fingerprint density at radius 3 is 3.05 bits per heavy atom. The summed E-state index contributed by atoms with van der Waals surface area (Å²) in [5, 5.41) is 7.68. The lowest BCUT2D eigenvalue weighted by Gasteiger charge is -2.15. The molecule has 2 heterocycles. The minimum absolute atomic E-state index is 0.312. The first-order chi connectivity index (χ1) is 10.2. The highest BCUT2D eigenvalue weighted by Crippen LogP contribution is 2.33. The Balaban J connectivity index is 1.86. The summed E-state index contributed by atoms with van der Waals surface area (Å²) in [6.45, 7) is 5.15. The number of thioether (sulfide) groups is 1. The Labute approximate surface area is 137 Å². The van der Waals surface area contributed by atoms with Crippen LogP contribution in [-0.4, -0.2) is 34.2 Å². The molecule has 1 aliphatic rings. The number of halogens is 1. The van der Waals surface area contributed by atoms with Crippen LogP contribution in [0.2, 0.25) is 0 Å². The Bertz CT molecular complexity index is 631. The molecule has 0 spiro atoms. The zero-order valence-corrected chi connectivity index (χ0v) is 14.5. The highest BCUT2D eigenvalue weighted by molar-refractivity contribution is 9.10. The number of aromatic nitrogens is 2. The fraction of sp³-hybridized carbons (Fsp3) is 0.467. The molecule has 1 saturated heterocycles. The van der Waals surface area contributed by atoms with Crippen molar-refractivity contribution in [3.05, 3.63) is 34.1 Å². The summed E-state index contributed by atoms with van der Waals surface area (Å²) in [7, 11) is 0. The molecule has 1 N–H and O–H groups in total. The maximum Gasteiger partial charge on any atom is 0.232 e. The molecule has 6 heteroatoms. The topological polar surface area (TPSA) is 51.0 Å². The molecule has 3 rings (SSSR count). The second-order valence-corrected chi connectivity index (χ2v) is 7.21. The number of nitrogens with one attached hydrogen (secondary N) is 1. The van der Waals surface area contributed by atoms with Gasteiger partial charge in [-0.05, 0) is 37.2 Å². The average molecular weight is 368 g/mol. The monoisotopic (exact) mass is 367 g/mol. The van der Waals surface area contributed by atoms with Crippen LogP contribution in [0.1, 0.15) is 24.3 Å². The first kappa shape index (κ1) is 15.1. The molecule has 2 aromatic rings. The van der Waals surface area contributed by atoms with E-state index in [1.165, 1.54) is 0 Å². The molecular weight excluding hydrogens is 350 g/mol. The van der Waals surface area contributed by atoms with Crippen molar-refractivity contribution in [3.8, 4) is 11.4 Å². The number of hydrogen-bond acceptors (Lipinski definition) is 5. The fourth-order valence-electron chi connectivity index (χ4n) is 2.63. The summed E-state index contributed by atoms with van der Waals surface area (Å²) >= 11 is 5.42. The standard InChI is InChI=1S/C15H18BrN3OS/c1-3-17-13-8-21-7-12(13)15-18-14(19-20-15)11-5-4-10(16)6-9(11)2/h4-6,12-13,17H,3,7-8H2,1-2H3. The van der Waals surface area contributed by atoms with Crippen LogP contribution in [0, 0.1) is 6.92 Å². The summed E-state index contributed by atoms with van der Waals surface area (Å²) in [6.07, 6.45) is 0. The Morgan fingerprint density at radius 1 is 1.43 bits per heavy atom. The van der Waals surface area contributed by atoms with Crippen LogP contribution in [0.15, 0.2) is 27.2 Å². The third-order valence-corrected chi connectivity index (χ3v) is 5.42. The lowest BCUT2D eigenvalue weighted by atomic mass is 10.0. The third-order valence-electron chi connectivity index (χ3n) is 3.74. The molecule has 1 aromatic heterocycles. The lowest BCUT2D eigenvalue weighted by molar-refractivity contribution is 0.340. The number of nitrogens with zero attached hydrogens (tertiary/aromatic N) is 2. The van der Waals surface area contributed by atoms with E-state index >= 15 is 0 Å². The van der Waals surface area contributed by atoms with Crippen molar-refractivity contribution in [2.75, 3.05) is 18.1 Å². The van der Waals surface area contributed by atoms with Crippen LogP contribution >= 0.6 is 27.7 Å². The van der Waals surface area contributed by atoms with Crippen molar-refractivity contribution in [1.82, 2.24) is 15.5 Å². The Hall–Kier alpha value is -0.850. The molecule has 0 saturated carbocycles. The van der Waals surface area contributed by atoms with Gasteiger partial charge in [0.05, 0.1) is 5.92 Å². The predicted molar refractivity (Wildman–Crippen MR) is 89.7 cm³/mol. The molecule has 0 amide bonds. The van der Waals surface area contributed by atoms with Gasteiger partial charge in [0.25, 0.3) is 0 Å².